The highest BCUT2D eigenvalue weighted by molar-refractivity contribution is 9.10. The molecule has 3 aromatic rings. The van der Waals surface area contributed by atoms with Gasteiger partial charge in [0.15, 0.2) is 5.65 Å². The van der Waals surface area contributed by atoms with Gasteiger partial charge in [0.05, 0.1) is 16.4 Å². The second-order valence-electron chi connectivity index (χ2n) is 4.40. The van der Waals surface area contributed by atoms with E-state index in [1.807, 2.05) is 18.3 Å². The molecule has 0 bridgehead atoms. The molecule has 2 heterocycles. The van der Waals surface area contributed by atoms with Crippen LogP contribution < -0.4 is 0 Å². The first-order chi connectivity index (χ1) is 8.75. The third kappa shape index (κ3) is 1.26. The summed E-state index contributed by atoms with van der Waals surface area (Å²) in [5.74, 6) is 0. The van der Waals surface area contributed by atoms with Crippen molar-refractivity contribution in [1.29, 1.82) is 0 Å². The highest BCUT2D eigenvalue weighted by atomic mass is 79.9. The fraction of sp³-hybridized carbons (Fsp3) is 0.0714. The van der Waals surface area contributed by atoms with E-state index < -0.39 is 0 Å². The van der Waals surface area contributed by atoms with Crippen molar-refractivity contribution in [2.45, 2.75) is 6.42 Å². The van der Waals surface area contributed by atoms with Crippen molar-refractivity contribution in [2.24, 2.45) is 0 Å². The first-order valence-electron chi connectivity index (χ1n) is 5.69. The number of fused-ring (bicyclic) bond motifs is 5. The number of benzene rings is 1. The van der Waals surface area contributed by atoms with Gasteiger partial charge in [-0.1, -0.05) is 39.7 Å². The van der Waals surface area contributed by atoms with Crippen molar-refractivity contribution < 1.29 is 0 Å². The van der Waals surface area contributed by atoms with E-state index >= 15 is 0 Å². The van der Waals surface area contributed by atoms with Crippen LogP contribution in [0.3, 0.4) is 0 Å². The van der Waals surface area contributed by atoms with Crippen LogP contribution in [0.15, 0.2) is 41.0 Å². The number of halogens is 2. The van der Waals surface area contributed by atoms with Crippen LogP contribution in [0, 0.1) is 0 Å². The molecule has 1 aliphatic rings. The van der Waals surface area contributed by atoms with Gasteiger partial charge in [-0.15, -0.1) is 0 Å². The zero-order valence-electron chi connectivity index (χ0n) is 9.32. The molecule has 4 rings (SSSR count). The SMILES string of the molecule is Clc1cccn2c3c(nc12)Cc1c(Br)cccc1-3. The first kappa shape index (κ1) is 10.6. The van der Waals surface area contributed by atoms with E-state index in [4.69, 9.17) is 11.6 Å². The Bertz CT molecular complexity index is 792. The summed E-state index contributed by atoms with van der Waals surface area (Å²) in [6.07, 6.45) is 2.88. The van der Waals surface area contributed by atoms with Gasteiger partial charge in [0.1, 0.15) is 0 Å². The second kappa shape index (κ2) is 3.59. The van der Waals surface area contributed by atoms with Crippen molar-refractivity contribution in [3.63, 3.8) is 0 Å². The third-order valence-electron chi connectivity index (χ3n) is 3.39. The molecule has 0 N–H and O–H groups in total. The lowest BCUT2D eigenvalue weighted by Crippen LogP contribution is -1.89. The first-order valence-corrected chi connectivity index (χ1v) is 6.86. The number of aromatic nitrogens is 2. The van der Waals surface area contributed by atoms with Gasteiger partial charge >= 0.3 is 0 Å². The fourth-order valence-electron chi connectivity index (χ4n) is 2.62. The minimum Gasteiger partial charge on any atom is -0.298 e. The van der Waals surface area contributed by atoms with Crippen LogP contribution in [0.1, 0.15) is 11.3 Å². The number of pyridine rings is 1. The summed E-state index contributed by atoms with van der Waals surface area (Å²) >= 11 is 9.80. The Hall–Kier alpha value is -1.32. The van der Waals surface area contributed by atoms with Gasteiger partial charge in [-0.25, -0.2) is 4.98 Å². The maximum absolute atomic E-state index is 6.19. The molecular weight excluding hydrogens is 312 g/mol. The molecule has 0 fully saturated rings. The zero-order chi connectivity index (χ0) is 12.3. The van der Waals surface area contributed by atoms with E-state index in [1.165, 1.54) is 16.8 Å². The number of hydrogen-bond donors (Lipinski definition) is 0. The van der Waals surface area contributed by atoms with E-state index in [0.717, 1.165) is 22.2 Å². The van der Waals surface area contributed by atoms with Crippen LogP contribution in [-0.4, -0.2) is 9.38 Å². The molecule has 0 aliphatic heterocycles. The van der Waals surface area contributed by atoms with Gasteiger partial charge in [0, 0.05) is 22.7 Å². The molecule has 18 heavy (non-hydrogen) atoms. The topological polar surface area (TPSA) is 17.3 Å². The predicted molar refractivity (Wildman–Crippen MR) is 76.1 cm³/mol. The van der Waals surface area contributed by atoms with Crippen molar-refractivity contribution in [3.8, 4) is 11.3 Å². The van der Waals surface area contributed by atoms with Crippen molar-refractivity contribution >= 4 is 33.2 Å². The Morgan fingerprint density at radius 1 is 1.22 bits per heavy atom. The van der Waals surface area contributed by atoms with E-state index in [1.54, 1.807) is 0 Å². The molecule has 0 spiro atoms. The second-order valence-corrected chi connectivity index (χ2v) is 5.66. The van der Waals surface area contributed by atoms with E-state index in [2.05, 4.69) is 43.5 Å². The Balaban J connectivity index is 2.14. The standard InChI is InChI=1S/C14H8BrClN2/c15-10-4-1-3-8-9(10)7-12-13(8)18-6-2-5-11(16)14(18)17-12/h1-6H,7H2. The normalized spacial score (nSPS) is 12.8. The molecule has 0 amide bonds. The molecule has 0 saturated carbocycles. The van der Waals surface area contributed by atoms with Gasteiger partial charge in [-0.05, 0) is 23.8 Å². The van der Waals surface area contributed by atoms with E-state index in [0.29, 0.717) is 5.02 Å². The molecule has 0 radical (unpaired) electrons. The number of hydrogen-bond acceptors (Lipinski definition) is 1. The van der Waals surface area contributed by atoms with Gasteiger partial charge in [-0.2, -0.15) is 0 Å². The number of imidazole rings is 1. The average molecular weight is 320 g/mol. The average Bonchev–Trinajstić information content (AvgIpc) is 2.88. The molecular formula is C14H8BrClN2. The maximum Gasteiger partial charge on any atom is 0.156 e. The summed E-state index contributed by atoms with van der Waals surface area (Å²) < 4.78 is 3.23. The largest absolute Gasteiger partial charge is 0.298 e. The Kier molecular flexibility index (Phi) is 2.11. The summed E-state index contributed by atoms with van der Waals surface area (Å²) in [7, 11) is 0. The summed E-state index contributed by atoms with van der Waals surface area (Å²) in [4.78, 5) is 4.66. The fourth-order valence-corrected chi connectivity index (χ4v) is 3.33. The van der Waals surface area contributed by atoms with Crippen LogP contribution in [-0.2, 0) is 6.42 Å². The summed E-state index contributed by atoms with van der Waals surface area (Å²) in [6, 6.07) is 10.1. The lowest BCUT2D eigenvalue weighted by molar-refractivity contribution is 1.15. The quantitative estimate of drug-likeness (QED) is 0.472. The molecule has 4 heteroatoms. The molecule has 2 nitrogen and oxygen atoms in total. The minimum absolute atomic E-state index is 0.698. The number of rotatable bonds is 0. The highest BCUT2D eigenvalue weighted by Crippen LogP contribution is 2.40. The van der Waals surface area contributed by atoms with Gasteiger partial charge in [-0.3, -0.25) is 4.40 Å². The predicted octanol–water partition coefficient (Wildman–Crippen LogP) is 4.32. The molecule has 0 unspecified atom stereocenters. The third-order valence-corrected chi connectivity index (χ3v) is 4.43. The molecule has 0 atom stereocenters. The molecule has 2 aromatic heterocycles. The van der Waals surface area contributed by atoms with Crippen LogP contribution >= 0.6 is 27.5 Å². The monoisotopic (exact) mass is 318 g/mol. The maximum atomic E-state index is 6.19. The van der Waals surface area contributed by atoms with Crippen LogP contribution in [0.4, 0.5) is 0 Å². The zero-order valence-corrected chi connectivity index (χ0v) is 11.7. The van der Waals surface area contributed by atoms with Gasteiger partial charge in [0.2, 0.25) is 0 Å². The molecule has 0 saturated heterocycles. The highest BCUT2D eigenvalue weighted by Gasteiger charge is 2.25. The minimum atomic E-state index is 0.698. The van der Waals surface area contributed by atoms with Crippen molar-refractivity contribution in [3.05, 3.63) is 57.3 Å². The Labute approximate surface area is 117 Å². The Morgan fingerprint density at radius 2 is 2.11 bits per heavy atom. The van der Waals surface area contributed by atoms with Crippen molar-refractivity contribution in [1.82, 2.24) is 9.38 Å². The van der Waals surface area contributed by atoms with Crippen LogP contribution in [0.5, 0.6) is 0 Å². The van der Waals surface area contributed by atoms with Crippen LogP contribution in [0.25, 0.3) is 16.9 Å². The van der Waals surface area contributed by atoms with E-state index in [9.17, 15) is 0 Å². The lowest BCUT2D eigenvalue weighted by Gasteiger charge is -2.04. The van der Waals surface area contributed by atoms with Crippen LogP contribution in [0.2, 0.25) is 5.02 Å². The summed E-state index contributed by atoms with van der Waals surface area (Å²) in [5, 5.41) is 0.698. The summed E-state index contributed by atoms with van der Waals surface area (Å²) in [6.45, 7) is 0. The Morgan fingerprint density at radius 3 is 3.00 bits per heavy atom. The van der Waals surface area contributed by atoms with Gasteiger partial charge < -0.3 is 0 Å². The number of nitrogens with zero attached hydrogens (tertiary/aromatic N) is 2. The summed E-state index contributed by atoms with van der Waals surface area (Å²) in [5.41, 5.74) is 5.67. The van der Waals surface area contributed by atoms with E-state index in [-0.39, 0.29) is 0 Å². The van der Waals surface area contributed by atoms with Gasteiger partial charge in [0.25, 0.3) is 0 Å². The smallest absolute Gasteiger partial charge is 0.156 e. The molecule has 1 aliphatic carbocycles. The molecule has 88 valence electrons. The van der Waals surface area contributed by atoms with Crippen molar-refractivity contribution in [2.75, 3.05) is 0 Å². The lowest BCUT2D eigenvalue weighted by atomic mass is 10.1. The molecule has 1 aromatic carbocycles.